The Bertz CT molecular complexity index is 286. The molecule has 1 fully saturated rings. The molecule has 0 radical (unpaired) electrons. The van der Waals surface area contributed by atoms with E-state index in [9.17, 15) is 0 Å². The fourth-order valence-corrected chi connectivity index (χ4v) is 2.91. The molecule has 1 heterocycles. The maximum absolute atomic E-state index is 6.22. The van der Waals surface area contributed by atoms with E-state index in [0.717, 1.165) is 17.5 Å². The van der Waals surface area contributed by atoms with Gasteiger partial charge in [-0.25, -0.2) is 0 Å². The van der Waals surface area contributed by atoms with Crippen molar-refractivity contribution in [3.63, 3.8) is 0 Å². The minimum absolute atomic E-state index is 0.0500. The molecule has 0 aromatic carbocycles. The number of aromatic nitrogens is 3. The van der Waals surface area contributed by atoms with E-state index in [-0.39, 0.29) is 6.04 Å². The Morgan fingerprint density at radius 3 is 2.53 bits per heavy atom. The second kappa shape index (κ2) is 4.31. The molecule has 4 heteroatoms. The van der Waals surface area contributed by atoms with E-state index in [1.165, 1.54) is 19.3 Å². The number of hydrogen-bond acceptors (Lipinski definition) is 3. The van der Waals surface area contributed by atoms with E-state index < -0.39 is 0 Å². The molecule has 0 amide bonds. The van der Waals surface area contributed by atoms with Crippen LogP contribution in [-0.4, -0.2) is 15.4 Å². The quantitative estimate of drug-likeness (QED) is 0.779. The molecule has 3 N–H and O–H groups in total. The topological polar surface area (TPSA) is 67.6 Å². The molecule has 1 aliphatic rings. The largest absolute Gasteiger partial charge is 0.322 e. The molecular formula is C11H20N4. The number of nitrogens with two attached hydrogens (primary N) is 1. The lowest BCUT2D eigenvalue weighted by Gasteiger charge is -2.34. The minimum atomic E-state index is 0.0500. The van der Waals surface area contributed by atoms with Crippen LogP contribution in [0.1, 0.15) is 44.8 Å². The van der Waals surface area contributed by atoms with Crippen LogP contribution in [0.15, 0.2) is 6.20 Å². The van der Waals surface area contributed by atoms with Crippen molar-refractivity contribution in [3.05, 3.63) is 11.9 Å². The van der Waals surface area contributed by atoms with Crippen LogP contribution in [0.2, 0.25) is 0 Å². The van der Waals surface area contributed by atoms with E-state index in [1.807, 2.05) is 0 Å². The Balaban J connectivity index is 2.03. The van der Waals surface area contributed by atoms with E-state index in [1.54, 1.807) is 6.20 Å². The van der Waals surface area contributed by atoms with Crippen LogP contribution in [-0.2, 0) is 0 Å². The summed E-state index contributed by atoms with van der Waals surface area (Å²) in [6.45, 7) is 4.64. The number of hydrogen-bond donors (Lipinski definition) is 2. The van der Waals surface area contributed by atoms with E-state index in [2.05, 4.69) is 29.3 Å². The molecule has 3 unspecified atom stereocenters. The summed E-state index contributed by atoms with van der Waals surface area (Å²) in [5, 5.41) is 10.5. The molecule has 1 aliphatic carbocycles. The zero-order valence-corrected chi connectivity index (χ0v) is 9.48. The average Bonchev–Trinajstić information content (AvgIpc) is 2.67. The van der Waals surface area contributed by atoms with Crippen LogP contribution in [0.5, 0.6) is 0 Å². The van der Waals surface area contributed by atoms with Crippen LogP contribution < -0.4 is 5.73 Å². The first-order valence-electron chi connectivity index (χ1n) is 5.78. The first kappa shape index (κ1) is 10.6. The highest BCUT2D eigenvalue weighted by atomic mass is 15.3. The van der Waals surface area contributed by atoms with E-state index >= 15 is 0 Å². The highest BCUT2D eigenvalue weighted by Gasteiger charge is 2.29. The summed E-state index contributed by atoms with van der Waals surface area (Å²) in [5.74, 6) is 2.14. The van der Waals surface area contributed by atoms with Crippen molar-refractivity contribution in [2.24, 2.45) is 23.5 Å². The van der Waals surface area contributed by atoms with Gasteiger partial charge in [-0.3, -0.25) is 0 Å². The van der Waals surface area contributed by atoms with Gasteiger partial charge in [-0.05, 0) is 37.0 Å². The highest BCUT2D eigenvalue weighted by Crippen LogP contribution is 2.38. The van der Waals surface area contributed by atoms with E-state index in [4.69, 9.17) is 5.73 Å². The van der Waals surface area contributed by atoms with Crippen LogP contribution in [0.25, 0.3) is 0 Å². The standard InChI is InChI=1S/C11H20N4/c1-7-3-8(2)5-9(4-7)11(12)10-6-13-15-14-10/h6-9,11H,3-5,12H2,1-2H3,(H,13,14,15). The fraction of sp³-hybridized carbons (Fsp3) is 0.818. The van der Waals surface area contributed by atoms with Crippen molar-refractivity contribution in [3.8, 4) is 0 Å². The molecule has 1 saturated carbocycles. The molecule has 3 atom stereocenters. The summed E-state index contributed by atoms with van der Waals surface area (Å²) in [5.41, 5.74) is 7.12. The first-order chi connectivity index (χ1) is 7.16. The molecule has 0 aliphatic heterocycles. The molecule has 0 spiro atoms. The Hall–Kier alpha value is -0.900. The highest BCUT2D eigenvalue weighted by molar-refractivity contribution is 5.01. The van der Waals surface area contributed by atoms with Gasteiger partial charge in [0.05, 0.1) is 17.9 Å². The van der Waals surface area contributed by atoms with Gasteiger partial charge < -0.3 is 5.73 Å². The second-order valence-electron chi connectivity index (χ2n) is 5.10. The van der Waals surface area contributed by atoms with Crippen molar-refractivity contribution in [1.82, 2.24) is 15.4 Å². The Morgan fingerprint density at radius 2 is 2.00 bits per heavy atom. The summed E-state index contributed by atoms with van der Waals surface area (Å²) >= 11 is 0. The minimum Gasteiger partial charge on any atom is -0.322 e. The maximum atomic E-state index is 6.22. The fourth-order valence-electron chi connectivity index (χ4n) is 2.91. The lowest BCUT2D eigenvalue weighted by atomic mass is 9.73. The first-order valence-corrected chi connectivity index (χ1v) is 5.78. The Labute approximate surface area is 90.6 Å². The lowest BCUT2D eigenvalue weighted by molar-refractivity contribution is 0.192. The molecule has 0 bridgehead atoms. The Kier molecular flexibility index (Phi) is 3.05. The number of nitrogens with one attached hydrogen (secondary N) is 1. The number of nitrogens with zero attached hydrogens (tertiary/aromatic N) is 2. The molecule has 2 rings (SSSR count). The zero-order valence-electron chi connectivity index (χ0n) is 9.48. The van der Waals surface area contributed by atoms with Gasteiger partial charge in [-0.15, -0.1) is 0 Å². The van der Waals surface area contributed by atoms with Gasteiger partial charge in [0.25, 0.3) is 0 Å². The zero-order chi connectivity index (χ0) is 10.8. The molecule has 1 aromatic rings. The third-order valence-electron chi connectivity index (χ3n) is 3.50. The Morgan fingerprint density at radius 1 is 1.33 bits per heavy atom. The molecule has 15 heavy (non-hydrogen) atoms. The van der Waals surface area contributed by atoms with E-state index in [0.29, 0.717) is 5.92 Å². The van der Waals surface area contributed by atoms with Crippen LogP contribution in [0.3, 0.4) is 0 Å². The van der Waals surface area contributed by atoms with Crippen molar-refractivity contribution in [2.45, 2.75) is 39.2 Å². The third kappa shape index (κ3) is 2.37. The summed E-state index contributed by atoms with van der Waals surface area (Å²) in [7, 11) is 0. The molecule has 0 saturated heterocycles. The smallest absolute Gasteiger partial charge is 0.0994 e. The van der Waals surface area contributed by atoms with Gasteiger partial charge in [0.1, 0.15) is 0 Å². The van der Waals surface area contributed by atoms with Gasteiger partial charge in [0, 0.05) is 0 Å². The van der Waals surface area contributed by atoms with Gasteiger partial charge in [-0.1, -0.05) is 13.8 Å². The number of rotatable bonds is 2. The summed E-state index contributed by atoms with van der Waals surface area (Å²) < 4.78 is 0. The summed E-state index contributed by atoms with van der Waals surface area (Å²) in [6, 6.07) is 0.0500. The summed E-state index contributed by atoms with van der Waals surface area (Å²) in [6.07, 6.45) is 5.52. The van der Waals surface area contributed by atoms with Crippen molar-refractivity contribution >= 4 is 0 Å². The molecule has 84 valence electrons. The second-order valence-corrected chi connectivity index (χ2v) is 5.10. The van der Waals surface area contributed by atoms with Crippen molar-refractivity contribution in [1.29, 1.82) is 0 Å². The summed E-state index contributed by atoms with van der Waals surface area (Å²) in [4.78, 5) is 0. The van der Waals surface area contributed by atoms with Gasteiger partial charge >= 0.3 is 0 Å². The van der Waals surface area contributed by atoms with Crippen LogP contribution in [0, 0.1) is 17.8 Å². The average molecular weight is 208 g/mol. The number of aromatic amines is 1. The van der Waals surface area contributed by atoms with Crippen LogP contribution >= 0.6 is 0 Å². The maximum Gasteiger partial charge on any atom is 0.0994 e. The SMILES string of the molecule is CC1CC(C)CC(C(N)c2cn[nH]n2)C1. The van der Waals surface area contributed by atoms with Crippen LogP contribution in [0.4, 0.5) is 0 Å². The molecule has 4 nitrogen and oxygen atoms in total. The monoisotopic (exact) mass is 208 g/mol. The normalized spacial score (nSPS) is 33.9. The molecular weight excluding hydrogens is 188 g/mol. The van der Waals surface area contributed by atoms with Gasteiger partial charge in [-0.2, -0.15) is 15.4 Å². The predicted octanol–water partition coefficient (Wildman–Crippen LogP) is 1.88. The van der Waals surface area contributed by atoms with Crippen molar-refractivity contribution < 1.29 is 0 Å². The van der Waals surface area contributed by atoms with Crippen molar-refractivity contribution in [2.75, 3.05) is 0 Å². The predicted molar refractivity (Wildman–Crippen MR) is 59.0 cm³/mol. The third-order valence-corrected chi connectivity index (χ3v) is 3.50. The van der Waals surface area contributed by atoms with Gasteiger partial charge in [0.2, 0.25) is 0 Å². The number of H-pyrrole nitrogens is 1. The molecule has 1 aromatic heterocycles. The lowest BCUT2D eigenvalue weighted by Crippen LogP contribution is -2.29. The van der Waals surface area contributed by atoms with Gasteiger partial charge in [0.15, 0.2) is 0 Å².